The summed E-state index contributed by atoms with van der Waals surface area (Å²) < 4.78 is 0.760. The fourth-order valence-corrected chi connectivity index (χ4v) is 5.44. The van der Waals surface area contributed by atoms with Crippen molar-refractivity contribution in [2.75, 3.05) is 29.4 Å². The van der Waals surface area contributed by atoms with Gasteiger partial charge in [-0.15, -0.1) is 11.3 Å². The van der Waals surface area contributed by atoms with E-state index in [1.165, 1.54) is 24.2 Å². The van der Waals surface area contributed by atoms with Gasteiger partial charge in [0.15, 0.2) is 0 Å². The number of anilines is 2. The zero-order valence-corrected chi connectivity index (χ0v) is 16.0. The van der Waals surface area contributed by atoms with E-state index in [1.54, 1.807) is 6.92 Å². The quantitative estimate of drug-likeness (QED) is 0.813. The highest BCUT2D eigenvalue weighted by Crippen LogP contribution is 2.61. The number of Topliss-reactive ketones (excluding diaryl/α,β-unsaturated/α-hetero) is 1. The van der Waals surface area contributed by atoms with Gasteiger partial charge in [-0.05, 0) is 38.7 Å². The molecule has 1 aliphatic carbocycles. The Kier molecular flexibility index (Phi) is 3.36. The number of nitrogens with zero attached hydrogens (tertiary/aromatic N) is 4. The van der Waals surface area contributed by atoms with Gasteiger partial charge < -0.3 is 14.6 Å². The highest BCUT2D eigenvalue weighted by Gasteiger charge is 2.61. The summed E-state index contributed by atoms with van der Waals surface area (Å²) in [6.07, 6.45) is 3.10. The second kappa shape index (κ2) is 5.30. The lowest BCUT2D eigenvalue weighted by Gasteiger charge is -2.43. The third-order valence-electron chi connectivity index (χ3n) is 6.11. The zero-order chi connectivity index (χ0) is 17.3. The van der Waals surface area contributed by atoms with Crippen molar-refractivity contribution in [3.8, 4) is 0 Å². The number of fused-ring (bicyclic) bond motifs is 1. The molecule has 0 aromatic carbocycles. The van der Waals surface area contributed by atoms with E-state index in [0.717, 1.165) is 52.4 Å². The normalized spacial score (nSPS) is 26.7. The SMILES string of the molecule is CC(=O)C[C@@H]1CC12CN(c1nc(N3CC[C@@H]3C)nc3sc(Cl)cc13)C2. The molecule has 1 spiro atoms. The van der Waals surface area contributed by atoms with Gasteiger partial charge in [-0.2, -0.15) is 4.98 Å². The first-order valence-corrected chi connectivity index (χ1v) is 10.1. The van der Waals surface area contributed by atoms with Gasteiger partial charge in [-0.1, -0.05) is 11.6 Å². The van der Waals surface area contributed by atoms with Crippen molar-refractivity contribution in [1.29, 1.82) is 0 Å². The Bertz CT molecular complexity index is 875. The Morgan fingerprint density at radius 1 is 1.44 bits per heavy atom. The van der Waals surface area contributed by atoms with E-state index in [-0.39, 0.29) is 0 Å². The molecule has 0 radical (unpaired) electrons. The Labute approximate surface area is 156 Å². The minimum absolute atomic E-state index is 0.309. The molecule has 2 aromatic heterocycles. The highest BCUT2D eigenvalue weighted by molar-refractivity contribution is 7.22. The number of thiophene rings is 1. The van der Waals surface area contributed by atoms with Crippen LogP contribution in [-0.4, -0.2) is 41.4 Å². The maximum Gasteiger partial charge on any atom is 0.228 e. The standard InChI is InChI=1S/C18H21ClN4OS/c1-10-3-4-23(10)17-20-15(13-6-14(19)25-16(13)21-17)22-8-18(9-22)7-12(18)5-11(2)24/h6,10,12H,3-5,7-9H2,1-2H3/t10-,12+/m0/s1. The average Bonchev–Trinajstić information content (AvgIpc) is 3.06. The Hall–Kier alpha value is -1.40. The number of halogens is 1. The molecule has 5 rings (SSSR count). The molecule has 3 fully saturated rings. The van der Waals surface area contributed by atoms with E-state index < -0.39 is 0 Å². The van der Waals surface area contributed by atoms with Crippen LogP contribution in [0, 0.1) is 11.3 Å². The second-order valence-electron chi connectivity index (χ2n) is 7.97. The number of hydrogen-bond acceptors (Lipinski definition) is 6. The van der Waals surface area contributed by atoms with E-state index in [4.69, 9.17) is 21.6 Å². The summed E-state index contributed by atoms with van der Waals surface area (Å²) in [5, 5.41) is 1.06. The molecular formula is C18H21ClN4OS. The lowest BCUT2D eigenvalue weighted by molar-refractivity contribution is -0.117. The number of carbonyl (C=O) groups excluding carboxylic acids is 1. The maximum atomic E-state index is 11.4. The van der Waals surface area contributed by atoms with Crippen LogP contribution in [0.2, 0.25) is 4.34 Å². The Morgan fingerprint density at radius 3 is 2.88 bits per heavy atom. The molecule has 2 aromatic rings. The van der Waals surface area contributed by atoms with Crippen LogP contribution in [0.1, 0.15) is 33.1 Å². The van der Waals surface area contributed by atoms with Crippen molar-refractivity contribution in [3.05, 3.63) is 10.4 Å². The maximum absolute atomic E-state index is 11.4. The van der Waals surface area contributed by atoms with Crippen LogP contribution in [-0.2, 0) is 4.79 Å². The van der Waals surface area contributed by atoms with Crippen molar-refractivity contribution in [1.82, 2.24) is 9.97 Å². The predicted molar refractivity (Wildman–Crippen MR) is 102 cm³/mol. The van der Waals surface area contributed by atoms with Crippen molar-refractivity contribution < 1.29 is 4.79 Å². The summed E-state index contributed by atoms with van der Waals surface area (Å²) in [4.78, 5) is 26.6. The zero-order valence-electron chi connectivity index (χ0n) is 14.5. The number of rotatable bonds is 4. The van der Waals surface area contributed by atoms with Gasteiger partial charge in [-0.25, -0.2) is 4.98 Å². The molecule has 25 heavy (non-hydrogen) atoms. The lowest BCUT2D eigenvalue weighted by atomic mass is 9.91. The molecule has 0 N–H and O–H groups in total. The van der Waals surface area contributed by atoms with Crippen molar-refractivity contribution in [3.63, 3.8) is 0 Å². The van der Waals surface area contributed by atoms with Gasteiger partial charge in [0.05, 0.1) is 9.72 Å². The molecule has 0 unspecified atom stereocenters. The van der Waals surface area contributed by atoms with Crippen LogP contribution in [0.15, 0.2) is 6.07 Å². The topological polar surface area (TPSA) is 49.3 Å². The average molecular weight is 377 g/mol. The predicted octanol–water partition coefficient (Wildman–Crippen LogP) is 3.75. The fraction of sp³-hybridized carbons (Fsp3) is 0.611. The molecule has 4 heterocycles. The molecule has 2 atom stereocenters. The lowest BCUT2D eigenvalue weighted by Crippen LogP contribution is -2.51. The summed E-state index contributed by atoms with van der Waals surface area (Å²) in [7, 11) is 0. The van der Waals surface area contributed by atoms with Crippen molar-refractivity contribution in [2.45, 2.75) is 39.2 Å². The minimum Gasteiger partial charge on any atom is -0.355 e. The molecule has 0 bridgehead atoms. The number of carbonyl (C=O) groups is 1. The van der Waals surface area contributed by atoms with Crippen LogP contribution in [0.5, 0.6) is 0 Å². The van der Waals surface area contributed by atoms with Crippen molar-refractivity contribution >= 4 is 50.7 Å². The van der Waals surface area contributed by atoms with E-state index in [1.807, 2.05) is 6.07 Å². The Balaban J connectivity index is 1.44. The summed E-state index contributed by atoms with van der Waals surface area (Å²) in [5.41, 5.74) is 0.354. The molecule has 0 amide bonds. The first-order valence-electron chi connectivity index (χ1n) is 8.93. The first kappa shape index (κ1) is 15.8. The largest absolute Gasteiger partial charge is 0.355 e. The minimum atomic E-state index is 0.309. The first-order chi connectivity index (χ1) is 11.9. The third-order valence-corrected chi connectivity index (χ3v) is 7.27. The van der Waals surface area contributed by atoms with E-state index >= 15 is 0 Å². The fourth-order valence-electron chi connectivity index (χ4n) is 4.37. The van der Waals surface area contributed by atoms with Crippen LogP contribution < -0.4 is 9.80 Å². The van der Waals surface area contributed by atoms with Gasteiger partial charge in [0.25, 0.3) is 0 Å². The van der Waals surface area contributed by atoms with E-state index in [0.29, 0.717) is 23.2 Å². The van der Waals surface area contributed by atoms with Gasteiger partial charge in [0.1, 0.15) is 16.4 Å². The molecule has 3 aliphatic rings. The molecule has 2 saturated heterocycles. The number of ketones is 1. The van der Waals surface area contributed by atoms with Crippen LogP contribution >= 0.6 is 22.9 Å². The van der Waals surface area contributed by atoms with Gasteiger partial charge in [-0.3, -0.25) is 0 Å². The smallest absolute Gasteiger partial charge is 0.228 e. The second-order valence-corrected chi connectivity index (χ2v) is 9.64. The van der Waals surface area contributed by atoms with Gasteiger partial charge in [0.2, 0.25) is 5.95 Å². The monoisotopic (exact) mass is 376 g/mol. The Morgan fingerprint density at radius 2 is 2.24 bits per heavy atom. The number of aromatic nitrogens is 2. The summed E-state index contributed by atoms with van der Waals surface area (Å²) in [5.74, 6) is 2.72. The van der Waals surface area contributed by atoms with Gasteiger partial charge in [0, 0.05) is 37.5 Å². The van der Waals surface area contributed by atoms with E-state index in [2.05, 4.69) is 16.7 Å². The number of hydrogen-bond donors (Lipinski definition) is 0. The summed E-state index contributed by atoms with van der Waals surface area (Å²) in [6, 6.07) is 2.50. The molecule has 132 valence electrons. The molecule has 2 aliphatic heterocycles. The highest BCUT2D eigenvalue weighted by atomic mass is 35.5. The molecule has 7 heteroatoms. The van der Waals surface area contributed by atoms with E-state index in [9.17, 15) is 4.79 Å². The van der Waals surface area contributed by atoms with Crippen molar-refractivity contribution in [2.24, 2.45) is 11.3 Å². The van der Waals surface area contributed by atoms with Crippen LogP contribution in [0.3, 0.4) is 0 Å². The molecule has 5 nitrogen and oxygen atoms in total. The third kappa shape index (κ3) is 2.45. The summed E-state index contributed by atoms with van der Waals surface area (Å²) in [6.45, 7) is 6.94. The summed E-state index contributed by atoms with van der Waals surface area (Å²) >= 11 is 7.79. The molecule has 1 saturated carbocycles. The van der Waals surface area contributed by atoms with Crippen LogP contribution in [0.4, 0.5) is 11.8 Å². The van der Waals surface area contributed by atoms with Gasteiger partial charge >= 0.3 is 0 Å². The molecular weight excluding hydrogens is 356 g/mol. The van der Waals surface area contributed by atoms with Crippen LogP contribution in [0.25, 0.3) is 10.2 Å².